The molecule has 3 amide bonds. The van der Waals surface area contributed by atoms with Gasteiger partial charge in [-0.15, -0.1) is 0 Å². The molecule has 0 aromatic heterocycles. The van der Waals surface area contributed by atoms with Crippen molar-refractivity contribution in [3.05, 3.63) is 54.1 Å². The van der Waals surface area contributed by atoms with E-state index in [1.807, 2.05) is 62.5 Å². The highest BCUT2D eigenvalue weighted by atomic mass is 16.5. The molecule has 2 aromatic carbocycles. The van der Waals surface area contributed by atoms with Gasteiger partial charge >= 0.3 is 6.03 Å². The number of para-hydroxylation sites is 3. The Labute approximate surface area is 170 Å². The van der Waals surface area contributed by atoms with Gasteiger partial charge in [-0.25, -0.2) is 4.79 Å². The van der Waals surface area contributed by atoms with E-state index >= 15 is 0 Å². The zero-order valence-corrected chi connectivity index (χ0v) is 16.8. The Morgan fingerprint density at radius 3 is 2.59 bits per heavy atom. The smallest absolute Gasteiger partial charge is 0.321 e. The van der Waals surface area contributed by atoms with Gasteiger partial charge in [0.05, 0.1) is 23.5 Å². The van der Waals surface area contributed by atoms with Crippen molar-refractivity contribution in [1.29, 1.82) is 0 Å². The van der Waals surface area contributed by atoms with Gasteiger partial charge in [-0.2, -0.15) is 0 Å². The molecule has 7 heteroatoms. The number of piperidine rings is 1. The van der Waals surface area contributed by atoms with Crippen molar-refractivity contribution >= 4 is 23.3 Å². The van der Waals surface area contributed by atoms with Crippen LogP contribution in [0.25, 0.3) is 0 Å². The minimum Gasteiger partial charge on any atom is -0.492 e. The Bertz CT molecular complexity index is 922. The van der Waals surface area contributed by atoms with Gasteiger partial charge < -0.3 is 25.2 Å². The molecule has 0 saturated carbocycles. The predicted molar refractivity (Wildman–Crippen MR) is 112 cm³/mol. The largest absolute Gasteiger partial charge is 0.492 e. The molecule has 1 spiro atoms. The van der Waals surface area contributed by atoms with Crippen molar-refractivity contribution in [2.45, 2.75) is 25.4 Å². The molecule has 0 atom stereocenters. The van der Waals surface area contributed by atoms with Gasteiger partial charge in [0.1, 0.15) is 11.4 Å². The first-order valence-corrected chi connectivity index (χ1v) is 9.97. The van der Waals surface area contributed by atoms with Gasteiger partial charge in [0, 0.05) is 33.0 Å². The third-order valence-corrected chi connectivity index (χ3v) is 5.80. The monoisotopic (exact) mass is 394 g/mol. The molecule has 152 valence electrons. The average molecular weight is 394 g/mol. The molecule has 2 N–H and O–H groups in total. The van der Waals surface area contributed by atoms with Crippen LogP contribution < -0.4 is 20.3 Å². The zero-order chi connectivity index (χ0) is 20.4. The van der Waals surface area contributed by atoms with Crippen LogP contribution in [0.5, 0.6) is 5.75 Å². The summed E-state index contributed by atoms with van der Waals surface area (Å²) in [7, 11) is 2.01. The number of fused-ring (bicyclic) bond motifs is 1. The number of ether oxygens (including phenoxy) is 1. The first-order valence-electron chi connectivity index (χ1n) is 9.97. The number of nitrogens with zero attached hydrogens (tertiary/aromatic N) is 2. The zero-order valence-electron chi connectivity index (χ0n) is 16.8. The quantitative estimate of drug-likeness (QED) is 0.838. The molecular weight excluding hydrogens is 368 g/mol. The standard InChI is InChI=1S/C22H26N4O3/c1-3-29-19-11-7-5-9-17(19)23-21(28)26-14-12-22(13-15-26)24-20(27)16-8-4-6-10-18(16)25(22)2/h4-11H,3,12-15H2,1-2H3,(H,23,28)(H,24,27). The molecule has 2 heterocycles. The van der Waals surface area contributed by atoms with E-state index < -0.39 is 5.66 Å². The van der Waals surface area contributed by atoms with E-state index in [1.54, 1.807) is 4.90 Å². The molecule has 0 radical (unpaired) electrons. The summed E-state index contributed by atoms with van der Waals surface area (Å²) in [4.78, 5) is 29.3. The molecule has 0 aliphatic carbocycles. The van der Waals surface area contributed by atoms with Gasteiger partial charge in [0.2, 0.25) is 0 Å². The van der Waals surface area contributed by atoms with Crippen molar-refractivity contribution in [2.75, 3.05) is 37.0 Å². The summed E-state index contributed by atoms with van der Waals surface area (Å²) >= 11 is 0. The number of anilines is 2. The fraction of sp³-hybridized carbons (Fsp3) is 0.364. The first kappa shape index (κ1) is 19.1. The predicted octanol–water partition coefficient (Wildman–Crippen LogP) is 3.29. The van der Waals surface area contributed by atoms with Crippen molar-refractivity contribution in [1.82, 2.24) is 10.2 Å². The summed E-state index contributed by atoms with van der Waals surface area (Å²) < 4.78 is 5.59. The Hall–Kier alpha value is -3.22. The van der Waals surface area contributed by atoms with Crippen molar-refractivity contribution in [2.24, 2.45) is 0 Å². The molecule has 0 unspecified atom stereocenters. The van der Waals surface area contributed by atoms with Crippen LogP contribution in [0.15, 0.2) is 48.5 Å². The molecular formula is C22H26N4O3. The van der Waals surface area contributed by atoms with Crippen LogP contribution in [-0.4, -0.2) is 49.2 Å². The van der Waals surface area contributed by atoms with E-state index in [-0.39, 0.29) is 11.9 Å². The summed E-state index contributed by atoms with van der Waals surface area (Å²) in [6.07, 6.45) is 1.31. The molecule has 7 nitrogen and oxygen atoms in total. The number of urea groups is 1. The summed E-state index contributed by atoms with van der Waals surface area (Å²) in [6, 6.07) is 14.9. The van der Waals surface area contributed by atoms with Gasteiger partial charge in [0.15, 0.2) is 0 Å². The minimum absolute atomic E-state index is 0.0535. The molecule has 1 saturated heterocycles. The number of rotatable bonds is 3. The SMILES string of the molecule is CCOc1ccccc1NC(=O)N1CCC2(CC1)NC(=O)c1ccccc1N2C. The van der Waals surface area contributed by atoms with E-state index in [2.05, 4.69) is 15.5 Å². The first-order chi connectivity index (χ1) is 14.0. The summed E-state index contributed by atoms with van der Waals surface area (Å²) in [5.74, 6) is 0.606. The highest BCUT2D eigenvalue weighted by molar-refractivity contribution is 6.02. The number of hydrogen-bond acceptors (Lipinski definition) is 4. The van der Waals surface area contributed by atoms with Crippen LogP contribution >= 0.6 is 0 Å². The van der Waals surface area contributed by atoms with Gasteiger partial charge in [-0.05, 0) is 31.2 Å². The van der Waals surface area contributed by atoms with Crippen molar-refractivity contribution in [3.63, 3.8) is 0 Å². The van der Waals surface area contributed by atoms with Crippen LogP contribution in [0.2, 0.25) is 0 Å². The molecule has 2 aromatic rings. The average Bonchev–Trinajstić information content (AvgIpc) is 2.74. The Kier molecular flexibility index (Phi) is 5.05. The van der Waals surface area contributed by atoms with Crippen LogP contribution in [0.4, 0.5) is 16.2 Å². The lowest BCUT2D eigenvalue weighted by Crippen LogP contribution is -2.67. The van der Waals surface area contributed by atoms with Crippen molar-refractivity contribution in [3.8, 4) is 5.75 Å². The highest BCUT2D eigenvalue weighted by Gasteiger charge is 2.44. The van der Waals surface area contributed by atoms with E-state index in [0.717, 1.165) is 5.69 Å². The number of benzene rings is 2. The number of hydrogen-bond donors (Lipinski definition) is 2. The van der Waals surface area contributed by atoms with Crippen LogP contribution in [0.3, 0.4) is 0 Å². The maximum absolute atomic E-state index is 12.8. The number of likely N-dealkylation sites (tertiary alicyclic amines) is 1. The highest BCUT2D eigenvalue weighted by Crippen LogP contribution is 2.36. The Morgan fingerprint density at radius 2 is 1.83 bits per heavy atom. The lowest BCUT2D eigenvalue weighted by Gasteiger charge is -2.51. The fourth-order valence-corrected chi connectivity index (χ4v) is 4.14. The molecule has 29 heavy (non-hydrogen) atoms. The van der Waals surface area contributed by atoms with Gasteiger partial charge in [0.25, 0.3) is 5.91 Å². The third kappa shape index (κ3) is 3.48. The summed E-state index contributed by atoms with van der Waals surface area (Å²) in [6.45, 7) is 3.55. The van der Waals surface area contributed by atoms with E-state index in [4.69, 9.17) is 4.74 Å². The fourth-order valence-electron chi connectivity index (χ4n) is 4.14. The Morgan fingerprint density at radius 1 is 1.14 bits per heavy atom. The lowest BCUT2D eigenvalue weighted by molar-refractivity contribution is 0.0815. The maximum atomic E-state index is 12.8. The topological polar surface area (TPSA) is 73.9 Å². The minimum atomic E-state index is -0.467. The van der Waals surface area contributed by atoms with Crippen LogP contribution in [0, 0.1) is 0 Å². The number of amides is 3. The summed E-state index contributed by atoms with van der Waals surface area (Å²) in [5.41, 5.74) is 1.82. The second kappa shape index (κ2) is 7.66. The van der Waals surface area contributed by atoms with Gasteiger partial charge in [-0.1, -0.05) is 24.3 Å². The second-order valence-corrected chi connectivity index (χ2v) is 7.41. The number of nitrogens with one attached hydrogen (secondary N) is 2. The molecule has 0 bridgehead atoms. The normalized spacial score (nSPS) is 17.5. The molecule has 1 fully saturated rings. The number of carbonyl (C=O) groups is 2. The summed E-state index contributed by atoms with van der Waals surface area (Å²) in [5, 5.41) is 6.13. The number of carbonyl (C=O) groups excluding carboxylic acids is 2. The van der Waals surface area contributed by atoms with E-state index in [1.165, 1.54) is 0 Å². The van der Waals surface area contributed by atoms with Crippen LogP contribution in [0.1, 0.15) is 30.1 Å². The molecule has 4 rings (SSSR count). The maximum Gasteiger partial charge on any atom is 0.321 e. The van der Waals surface area contributed by atoms with E-state index in [9.17, 15) is 9.59 Å². The molecule has 2 aliphatic rings. The Balaban J connectivity index is 1.45. The second-order valence-electron chi connectivity index (χ2n) is 7.41. The third-order valence-electron chi connectivity index (χ3n) is 5.80. The van der Waals surface area contributed by atoms with Gasteiger partial charge in [-0.3, -0.25) is 4.79 Å². The van der Waals surface area contributed by atoms with E-state index in [0.29, 0.717) is 49.5 Å². The van der Waals surface area contributed by atoms with Crippen molar-refractivity contribution < 1.29 is 14.3 Å². The molecule has 2 aliphatic heterocycles. The lowest BCUT2D eigenvalue weighted by atomic mass is 9.90. The van der Waals surface area contributed by atoms with Crippen LogP contribution in [-0.2, 0) is 0 Å².